The molecule has 3 aliphatic rings. The number of aliphatic hydroxyl groups excluding tert-OH is 1. The Morgan fingerprint density at radius 1 is 0.954 bits per heavy atom. The van der Waals surface area contributed by atoms with Crippen LogP contribution in [0.4, 0.5) is 4.39 Å². The second-order valence-corrected chi connectivity index (χ2v) is 17.5. The summed E-state index contributed by atoms with van der Waals surface area (Å²) in [5.74, 6) is 0.397. The SMILES string of the molecule is Cc1c2ccc(c1Cl)O[C@H](CN1CCN(C)CC1)CCOc1ccc(OCc3ccnc(-c4ccc(CO)cc4)n3)c(c1)C[C@H](C(=O)O)Oc1ncnc3sc(-c4ccc(F)cc4)c-2c13. The lowest BCUT2D eigenvalue weighted by Gasteiger charge is -2.34. The summed E-state index contributed by atoms with van der Waals surface area (Å²) in [4.78, 5) is 37.5. The fourth-order valence-corrected chi connectivity index (χ4v) is 9.42. The summed E-state index contributed by atoms with van der Waals surface area (Å²) in [5.41, 5.74) is 5.53. The van der Waals surface area contributed by atoms with Crippen LogP contribution in [-0.2, 0) is 24.4 Å². The molecule has 4 aromatic carbocycles. The predicted molar refractivity (Wildman–Crippen MR) is 246 cm³/mol. The molecule has 3 aliphatic heterocycles. The quantitative estimate of drug-likeness (QED) is 0.143. The summed E-state index contributed by atoms with van der Waals surface area (Å²) in [7, 11) is 2.12. The molecule has 6 heterocycles. The van der Waals surface area contributed by atoms with Crippen molar-refractivity contribution in [3.8, 4) is 56.1 Å². The van der Waals surface area contributed by atoms with Crippen LogP contribution in [0.2, 0.25) is 5.02 Å². The molecule has 0 unspecified atom stereocenters. The Bertz CT molecular complexity index is 2820. The van der Waals surface area contributed by atoms with Crippen molar-refractivity contribution in [2.75, 3.05) is 46.4 Å². The Morgan fingerprint density at radius 2 is 1.74 bits per heavy atom. The van der Waals surface area contributed by atoms with Gasteiger partial charge in [-0.25, -0.2) is 29.1 Å². The van der Waals surface area contributed by atoms with E-state index < -0.39 is 12.1 Å². The number of hydrogen-bond acceptors (Lipinski definition) is 13. The molecule has 2 N–H and O–H groups in total. The zero-order chi connectivity index (χ0) is 45.0. The topological polar surface area (TPSA) is 152 Å². The first-order chi connectivity index (χ1) is 31.6. The summed E-state index contributed by atoms with van der Waals surface area (Å²) in [6.45, 7) is 6.55. The molecule has 0 radical (unpaired) electrons. The molecule has 1 fully saturated rings. The Hall–Kier alpha value is -6.23. The number of carbonyl (C=O) groups is 1. The molecule has 3 aromatic heterocycles. The van der Waals surface area contributed by atoms with Gasteiger partial charge in [-0.2, -0.15) is 0 Å². The van der Waals surface area contributed by atoms with E-state index in [0.29, 0.717) is 74.7 Å². The molecular formula is C49H46ClFN6O7S. The number of aliphatic hydroxyl groups is 1. The minimum atomic E-state index is -1.44. The first-order valence-corrected chi connectivity index (χ1v) is 22.5. The number of carboxylic acid groups (broad SMARTS) is 1. The van der Waals surface area contributed by atoms with Crippen molar-refractivity contribution in [1.29, 1.82) is 0 Å². The number of carboxylic acids is 1. The average Bonchev–Trinajstić information content (AvgIpc) is 3.71. The number of benzene rings is 4. The van der Waals surface area contributed by atoms with E-state index in [2.05, 4.69) is 31.8 Å². The smallest absolute Gasteiger partial charge is 0.345 e. The number of aliphatic carboxylic acids is 1. The van der Waals surface area contributed by atoms with Gasteiger partial charge < -0.3 is 34.1 Å². The van der Waals surface area contributed by atoms with Gasteiger partial charge >= 0.3 is 5.97 Å². The van der Waals surface area contributed by atoms with Gasteiger partial charge in [0.15, 0.2) is 5.82 Å². The number of piperazine rings is 1. The fraction of sp³-hybridized carbons (Fsp3) is 0.286. The maximum absolute atomic E-state index is 14.3. The average molecular weight is 917 g/mol. The van der Waals surface area contributed by atoms with E-state index in [-0.39, 0.29) is 37.4 Å². The van der Waals surface area contributed by atoms with Crippen LogP contribution in [0.25, 0.3) is 43.2 Å². The van der Waals surface area contributed by atoms with Gasteiger partial charge in [-0.05, 0) is 78.7 Å². The Kier molecular flexibility index (Phi) is 13.2. The third-order valence-corrected chi connectivity index (χ3v) is 13.3. The van der Waals surface area contributed by atoms with Crippen LogP contribution in [0.3, 0.4) is 0 Å². The summed E-state index contributed by atoms with van der Waals surface area (Å²) >= 11 is 8.59. The molecule has 16 heteroatoms. The van der Waals surface area contributed by atoms with Crippen LogP contribution >= 0.6 is 22.9 Å². The lowest BCUT2D eigenvalue weighted by Crippen LogP contribution is -2.48. The van der Waals surface area contributed by atoms with Gasteiger partial charge in [-0.1, -0.05) is 54.1 Å². The van der Waals surface area contributed by atoms with Crippen molar-refractivity contribution >= 4 is 39.1 Å². The first-order valence-electron chi connectivity index (χ1n) is 21.3. The molecule has 0 saturated carbocycles. The normalized spacial score (nSPS) is 17.1. The molecule has 7 aromatic rings. The lowest BCUT2D eigenvalue weighted by atomic mass is 9.95. The number of rotatable bonds is 9. The zero-order valence-electron chi connectivity index (χ0n) is 35.7. The highest BCUT2D eigenvalue weighted by Gasteiger charge is 2.30. The third kappa shape index (κ3) is 9.89. The second-order valence-electron chi connectivity index (χ2n) is 16.1. The Morgan fingerprint density at radius 3 is 2.51 bits per heavy atom. The highest BCUT2D eigenvalue weighted by Crippen LogP contribution is 2.49. The van der Waals surface area contributed by atoms with E-state index in [9.17, 15) is 19.4 Å². The number of likely N-dealkylation sites (N-methyl/N-ethyl adjacent to an activating group) is 1. The molecule has 2 atom stereocenters. The van der Waals surface area contributed by atoms with Crippen molar-refractivity contribution in [2.45, 2.75) is 45.2 Å². The third-order valence-electron chi connectivity index (χ3n) is 11.7. The minimum absolute atomic E-state index is 0.0543. The number of fused-ring (bicyclic) bond motifs is 8. The van der Waals surface area contributed by atoms with Crippen molar-refractivity contribution in [2.24, 2.45) is 0 Å². The van der Waals surface area contributed by atoms with Crippen molar-refractivity contribution in [1.82, 2.24) is 29.7 Å². The van der Waals surface area contributed by atoms with Crippen molar-refractivity contribution in [3.63, 3.8) is 0 Å². The van der Waals surface area contributed by atoms with Crippen molar-refractivity contribution in [3.05, 3.63) is 131 Å². The van der Waals surface area contributed by atoms with Gasteiger partial charge in [-0.15, -0.1) is 11.3 Å². The van der Waals surface area contributed by atoms with E-state index in [4.69, 9.17) is 35.5 Å². The second kappa shape index (κ2) is 19.5. The van der Waals surface area contributed by atoms with E-state index in [1.54, 1.807) is 42.6 Å². The number of ether oxygens (including phenoxy) is 4. The molecule has 334 valence electrons. The fourth-order valence-electron chi connectivity index (χ4n) is 8.06. The van der Waals surface area contributed by atoms with E-state index >= 15 is 0 Å². The maximum Gasteiger partial charge on any atom is 0.345 e. The molecule has 0 spiro atoms. The Labute approximate surface area is 384 Å². The van der Waals surface area contributed by atoms with Crippen LogP contribution in [0.15, 0.2) is 97.5 Å². The lowest BCUT2D eigenvalue weighted by molar-refractivity contribution is -0.145. The molecule has 4 bridgehead atoms. The molecular weight excluding hydrogens is 871 g/mol. The number of nitrogens with zero attached hydrogens (tertiary/aromatic N) is 6. The zero-order valence-corrected chi connectivity index (χ0v) is 37.3. The first kappa shape index (κ1) is 44.0. The standard InChI is InChI=1S/C49H46ClFN6O7S/c1-29-38-12-14-40(44(29)50)63-37(25-57-20-18-56(2)19-21-57)16-22-61-36-11-13-39(62-27-35-15-17-52-46(55-35)32-5-3-30(26-58)4-6-32)33(23-36)24-41(49(59)60)64-47-43-42(38)45(65-48(43)54-28-53-47)31-7-9-34(51)10-8-31/h3-15,17,23,28,37,41,58H,16,18-22,24-27H2,1-2H3,(H,59,60)/t37-,41+/m0/s1. The highest BCUT2D eigenvalue weighted by atomic mass is 35.5. The number of hydrogen-bond donors (Lipinski definition) is 2. The molecule has 1 saturated heterocycles. The van der Waals surface area contributed by atoms with Crippen LogP contribution < -0.4 is 18.9 Å². The molecule has 65 heavy (non-hydrogen) atoms. The monoisotopic (exact) mass is 916 g/mol. The minimum Gasteiger partial charge on any atom is -0.493 e. The number of aromatic nitrogens is 4. The molecule has 0 amide bonds. The molecule has 13 nitrogen and oxygen atoms in total. The van der Waals surface area contributed by atoms with Crippen LogP contribution in [0.5, 0.6) is 23.1 Å². The van der Waals surface area contributed by atoms with Crippen LogP contribution in [0.1, 0.15) is 28.8 Å². The van der Waals surface area contributed by atoms with Crippen molar-refractivity contribution < 1.29 is 38.3 Å². The van der Waals surface area contributed by atoms with Gasteiger partial charge in [0.1, 0.15) is 46.9 Å². The molecule has 0 aliphatic carbocycles. The van der Waals surface area contributed by atoms with E-state index in [0.717, 1.165) is 58.9 Å². The van der Waals surface area contributed by atoms with Gasteiger partial charge in [0, 0.05) is 73.3 Å². The van der Waals surface area contributed by atoms with Gasteiger partial charge in [0.2, 0.25) is 12.0 Å². The summed E-state index contributed by atoms with van der Waals surface area (Å²) in [6, 6.07) is 24.4. The maximum atomic E-state index is 14.3. The van der Waals surface area contributed by atoms with E-state index in [1.165, 1.54) is 29.8 Å². The largest absolute Gasteiger partial charge is 0.493 e. The Balaban J connectivity index is 1.11. The van der Waals surface area contributed by atoms with Crippen LogP contribution in [0, 0.1) is 12.7 Å². The summed E-state index contributed by atoms with van der Waals surface area (Å²) < 4.78 is 40.3. The van der Waals surface area contributed by atoms with Gasteiger partial charge in [0.25, 0.3) is 0 Å². The van der Waals surface area contributed by atoms with Gasteiger partial charge in [0.05, 0.1) is 29.3 Å². The highest BCUT2D eigenvalue weighted by molar-refractivity contribution is 7.22. The summed E-state index contributed by atoms with van der Waals surface area (Å²) in [6.07, 6.45) is 1.68. The summed E-state index contributed by atoms with van der Waals surface area (Å²) in [5, 5.41) is 21.2. The predicted octanol–water partition coefficient (Wildman–Crippen LogP) is 8.51. The molecule has 10 rings (SSSR count). The number of halogens is 2. The van der Waals surface area contributed by atoms with E-state index in [1.807, 2.05) is 43.3 Å². The number of thiophene rings is 1. The van der Waals surface area contributed by atoms with Gasteiger partial charge in [-0.3, -0.25) is 4.90 Å². The van der Waals surface area contributed by atoms with Crippen LogP contribution in [-0.4, -0.2) is 105 Å².